The largest absolute Gasteiger partial charge is 0.421 e. The molecule has 0 fully saturated rings. The van der Waals surface area contributed by atoms with Crippen LogP contribution in [0.5, 0.6) is 0 Å². The topological polar surface area (TPSA) is 32.3 Å². The van der Waals surface area contributed by atoms with Crippen LogP contribution in [0.15, 0.2) is 54.7 Å². The third kappa shape index (κ3) is 4.17. The summed E-state index contributed by atoms with van der Waals surface area (Å²) in [5.74, 6) is -0.696. The standard InChI is InChI=1S/C19H15ClF4N4/c1-27(14-7-3-12(20)4-8-14)17-16(19(22,23)24)11-25-18(26-17)28(2)15-9-5-13(21)6-10-15/h3-11H,1-2H3. The van der Waals surface area contributed by atoms with Crippen molar-refractivity contribution < 1.29 is 17.6 Å². The monoisotopic (exact) mass is 410 g/mol. The molecule has 0 unspecified atom stereocenters. The summed E-state index contributed by atoms with van der Waals surface area (Å²) in [4.78, 5) is 10.8. The molecule has 0 amide bonds. The Bertz CT molecular complexity index is 959. The minimum absolute atomic E-state index is 0.0374. The van der Waals surface area contributed by atoms with E-state index in [1.807, 2.05) is 0 Å². The van der Waals surface area contributed by atoms with Gasteiger partial charge in [0.25, 0.3) is 0 Å². The highest BCUT2D eigenvalue weighted by molar-refractivity contribution is 6.30. The van der Waals surface area contributed by atoms with E-state index in [9.17, 15) is 17.6 Å². The van der Waals surface area contributed by atoms with Crippen LogP contribution in [0.2, 0.25) is 5.02 Å². The summed E-state index contributed by atoms with van der Waals surface area (Å²) in [6.45, 7) is 0. The second-order valence-electron chi connectivity index (χ2n) is 5.98. The van der Waals surface area contributed by atoms with Crippen molar-refractivity contribution in [3.05, 3.63) is 71.1 Å². The highest BCUT2D eigenvalue weighted by Crippen LogP contribution is 2.38. The molecular formula is C19H15ClF4N4. The van der Waals surface area contributed by atoms with Crippen LogP contribution in [-0.2, 0) is 6.18 Å². The molecule has 3 aromatic rings. The van der Waals surface area contributed by atoms with Crippen LogP contribution < -0.4 is 9.80 Å². The number of aromatic nitrogens is 2. The Kier molecular flexibility index (Phi) is 5.42. The van der Waals surface area contributed by atoms with Crippen molar-refractivity contribution >= 4 is 34.7 Å². The number of anilines is 4. The Morgan fingerprint density at radius 3 is 1.96 bits per heavy atom. The maximum absolute atomic E-state index is 13.5. The lowest BCUT2D eigenvalue weighted by molar-refractivity contribution is -0.137. The van der Waals surface area contributed by atoms with Crippen LogP contribution in [-0.4, -0.2) is 24.1 Å². The SMILES string of the molecule is CN(c1ccc(F)cc1)c1ncc(C(F)(F)F)c(N(C)c2ccc(Cl)cc2)n1. The highest BCUT2D eigenvalue weighted by Gasteiger charge is 2.37. The zero-order valence-electron chi connectivity index (χ0n) is 14.9. The van der Waals surface area contributed by atoms with Gasteiger partial charge in [0.15, 0.2) is 5.82 Å². The molecule has 0 aliphatic carbocycles. The van der Waals surface area contributed by atoms with E-state index in [0.29, 0.717) is 16.4 Å². The highest BCUT2D eigenvalue weighted by atomic mass is 35.5. The lowest BCUT2D eigenvalue weighted by atomic mass is 10.2. The van der Waals surface area contributed by atoms with Gasteiger partial charge in [-0.3, -0.25) is 0 Å². The minimum Gasteiger partial charge on any atom is -0.329 e. The quantitative estimate of drug-likeness (QED) is 0.507. The van der Waals surface area contributed by atoms with E-state index >= 15 is 0 Å². The van der Waals surface area contributed by atoms with Gasteiger partial charge in [-0.1, -0.05) is 11.6 Å². The van der Waals surface area contributed by atoms with E-state index in [2.05, 4.69) is 9.97 Å². The van der Waals surface area contributed by atoms with Crippen molar-refractivity contribution in [1.29, 1.82) is 0 Å². The summed E-state index contributed by atoms with van der Waals surface area (Å²) in [6, 6.07) is 11.8. The van der Waals surface area contributed by atoms with Gasteiger partial charge in [0.05, 0.1) is 0 Å². The van der Waals surface area contributed by atoms with Gasteiger partial charge in [0.2, 0.25) is 5.95 Å². The number of nitrogens with zero attached hydrogens (tertiary/aromatic N) is 4. The summed E-state index contributed by atoms with van der Waals surface area (Å²) in [5.41, 5.74) is 0.0337. The fraction of sp³-hybridized carbons (Fsp3) is 0.158. The van der Waals surface area contributed by atoms with Gasteiger partial charge in [-0.15, -0.1) is 0 Å². The molecule has 0 bridgehead atoms. The average Bonchev–Trinajstić information content (AvgIpc) is 2.67. The smallest absolute Gasteiger partial charge is 0.329 e. The first-order chi connectivity index (χ1) is 13.2. The van der Waals surface area contributed by atoms with Crippen molar-refractivity contribution in [2.75, 3.05) is 23.9 Å². The molecule has 0 atom stereocenters. The zero-order valence-corrected chi connectivity index (χ0v) is 15.6. The predicted molar refractivity (Wildman–Crippen MR) is 101 cm³/mol. The Morgan fingerprint density at radius 1 is 0.857 bits per heavy atom. The molecule has 0 radical (unpaired) electrons. The predicted octanol–water partition coefficient (Wildman–Crippen LogP) is 5.82. The second kappa shape index (κ2) is 7.63. The summed E-state index contributed by atoms with van der Waals surface area (Å²) >= 11 is 5.85. The molecule has 0 saturated carbocycles. The summed E-state index contributed by atoms with van der Waals surface area (Å²) in [7, 11) is 3.06. The molecule has 4 nitrogen and oxygen atoms in total. The lowest BCUT2D eigenvalue weighted by Crippen LogP contribution is -2.21. The molecule has 0 N–H and O–H groups in total. The molecule has 0 aliphatic rings. The average molecular weight is 411 g/mol. The third-order valence-electron chi connectivity index (χ3n) is 4.11. The fourth-order valence-electron chi connectivity index (χ4n) is 2.55. The number of benzene rings is 2. The molecule has 3 rings (SSSR count). The molecule has 1 aromatic heterocycles. The molecule has 0 saturated heterocycles. The van der Waals surface area contributed by atoms with Crippen molar-refractivity contribution in [3.63, 3.8) is 0 Å². The lowest BCUT2D eigenvalue weighted by Gasteiger charge is -2.25. The summed E-state index contributed by atoms with van der Waals surface area (Å²) < 4.78 is 53.6. The molecule has 28 heavy (non-hydrogen) atoms. The fourth-order valence-corrected chi connectivity index (χ4v) is 2.67. The van der Waals surface area contributed by atoms with Gasteiger partial charge >= 0.3 is 6.18 Å². The van der Waals surface area contributed by atoms with Crippen LogP contribution in [0.3, 0.4) is 0 Å². The second-order valence-corrected chi connectivity index (χ2v) is 6.41. The maximum atomic E-state index is 13.5. The molecule has 9 heteroatoms. The van der Waals surface area contributed by atoms with Gasteiger partial charge < -0.3 is 9.80 Å². The van der Waals surface area contributed by atoms with Crippen molar-refractivity contribution in [2.45, 2.75) is 6.18 Å². The Balaban J connectivity index is 2.06. The van der Waals surface area contributed by atoms with E-state index in [1.165, 1.54) is 41.1 Å². The van der Waals surface area contributed by atoms with Crippen molar-refractivity contribution in [2.24, 2.45) is 0 Å². The van der Waals surface area contributed by atoms with Crippen LogP contribution >= 0.6 is 11.6 Å². The first kappa shape index (κ1) is 19.9. The summed E-state index contributed by atoms with van der Waals surface area (Å²) in [5, 5.41) is 0.465. The van der Waals surface area contributed by atoms with Crippen LogP contribution in [0.25, 0.3) is 0 Å². The zero-order chi connectivity index (χ0) is 20.5. The van der Waals surface area contributed by atoms with Crippen LogP contribution in [0, 0.1) is 5.82 Å². The van der Waals surface area contributed by atoms with Crippen LogP contribution in [0.1, 0.15) is 5.56 Å². The Labute approximate surface area is 164 Å². The Morgan fingerprint density at radius 2 is 1.39 bits per heavy atom. The first-order valence-corrected chi connectivity index (χ1v) is 8.47. The third-order valence-corrected chi connectivity index (χ3v) is 4.36. The first-order valence-electron chi connectivity index (χ1n) is 8.09. The van der Waals surface area contributed by atoms with E-state index in [0.717, 1.165) is 6.20 Å². The van der Waals surface area contributed by atoms with Gasteiger partial charge in [0, 0.05) is 36.7 Å². The van der Waals surface area contributed by atoms with E-state index in [1.54, 1.807) is 31.3 Å². The molecule has 0 spiro atoms. The van der Waals surface area contributed by atoms with Crippen LogP contribution in [0.4, 0.5) is 40.7 Å². The molecule has 1 heterocycles. The Hall–Kier alpha value is -2.87. The van der Waals surface area contributed by atoms with Gasteiger partial charge in [-0.2, -0.15) is 18.2 Å². The van der Waals surface area contributed by atoms with Gasteiger partial charge in [-0.05, 0) is 48.5 Å². The van der Waals surface area contributed by atoms with Crippen molar-refractivity contribution in [3.8, 4) is 0 Å². The number of hydrogen-bond acceptors (Lipinski definition) is 4. The number of alkyl halides is 3. The van der Waals surface area contributed by atoms with Gasteiger partial charge in [0.1, 0.15) is 11.4 Å². The number of hydrogen-bond donors (Lipinski definition) is 0. The summed E-state index contributed by atoms with van der Waals surface area (Å²) in [6.07, 6.45) is -3.90. The van der Waals surface area contributed by atoms with E-state index in [4.69, 9.17) is 11.6 Å². The minimum atomic E-state index is -4.64. The number of rotatable bonds is 4. The molecule has 0 aliphatic heterocycles. The van der Waals surface area contributed by atoms with E-state index in [-0.39, 0.29) is 11.8 Å². The van der Waals surface area contributed by atoms with E-state index < -0.39 is 17.6 Å². The van der Waals surface area contributed by atoms with Crippen molar-refractivity contribution in [1.82, 2.24) is 9.97 Å². The maximum Gasteiger partial charge on any atom is 0.421 e. The normalized spacial score (nSPS) is 11.4. The number of halogens is 5. The van der Waals surface area contributed by atoms with Gasteiger partial charge in [-0.25, -0.2) is 9.37 Å². The molecule has 146 valence electrons. The molecule has 2 aromatic carbocycles. The molecular weight excluding hydrogens is 396 g/mol.